The molecule has 0 fully saturated rings. The zero-order valence-corrected chi connectivity index (χ0v) is 18.6. The highest BCUT2D eigenvalue weighted by atomic mass is 35.5. The first-order valence-corrected chi connectivity index (χ1v) is 10.9. The minimum atomic E-state index is -0.416. The summed E-state index contributed by atoms with van der Waals surface area (Å²) in [5.74, 6) is 0.424. The second-order valence-electron chi connectivity index (χ2n) is 9.08. The molecule has 2 aromatic carbocycles. The first-order chi connectivity index (χ1) is 15.3. The first kappa shape index (κ1) is 20.5. The Labute approximate surface area is 191 Å². The van der Waals surface area contributed by atoms with E-state index in [9.17, 15) is 9.59 Å². The Bertz CT molecular complexity index is 1240. The van der Waals surface area contributed by atoms with Crippen LogP contribution >= 0.6 is 11.6 Å². The number of fused-ring (bicyclic) bond motifs is 1. The lowest BCUT2D eigenvalue weighted by Gasteiger charge is -2.39. The van der Waals surface area contributed by atoms with Crippen LogP contribution < -0.4 is 10.6 Å². The summed E-state index contributed by atoms with van der Waals surface area (Å²) >= 11 is 6.11. The molecule has 0 saturated heterocycles. The predicted octanol–water partition coefficient (Wildman–Crippen LogP) is 5.45. The van der Waals surface area contributed by atoms with Gasteiger partial charge in [-0.1, -0.05) is 55.8 Å². The highest BCUT2D eigenvalue weighted by Crippen LogP contribution is 2.46. The summed E-state index contributed by atoms with van der Waals surface area (Å²) < 4.78 is 1.73. The largest absolute Gasteiger partial charge is 0.343 e. The van der Waals surface area contributed by atoms with Crippen LogP contribution in [0.25, 0.3) is 0 Å². The summed E-state index contributed by atoms with van der Waals surface area (Å²) in [7, 11) is 0. The number of rotatable bonds is 3. The number of para-hydroxylation sites is 1. The molecule has 162 valence electrons. The van der Waals surface area contributed by atoms with Gasteiger partial charge in [0.15, 0.2) is 5.78 Å². The molecule has 1 atom stereocenters. The molecule has 6 nitrogen and oxygen atoms in total. The third-order valence-electron chi connectivity index (χ3n) is 5.96. The molecule has 2 heterocycles. The minimum Gasteiger partial charge on any atom is -0.343 e. The highest BCUT2D eigenvalue weighted by molar-refractivity contribution is 6.30. The molecule has 0 saturated carbocycles. The summed E-state index contributed by atoms with van der Waals surface area (Å²) in [5, 5.41) is 11.5. The molecule has 0 radical (unpaired) electrons. The van der Waals surface area contributed by atoms with Crippen LogP contribution in [0.1, 0.15) is 48.7 Å². The number of hydrogen-bond acceptors (Lipinski definition) is 4. The molecule has 1 unspecified atom stereocenters. The third kappa shape index (κ3) is 3.60. The summed E-state index contributed by atoms with van der Waals surface area (Å²) in [6.45, 7) is 4.17. The smallest absolute Gasteiger partial charge is 0.261 e. The van der Waals surface area contributed by atoms with E-state index < -0.39 is 6.04 Å². The number of benzene rings is 2. The van der Waals surface area contributed by atoms with Gasteiger partial charge in [-0.15, -0.1) is 0 Å². The molecule has 7 heteroatoms. The molecular formula is C25H23ClN4O2. The Morgan fingerprint density at radius 3 is 2.56 bits per heavy atom. The van der Waals surface area contributed by atoms with Gasteiger partial charge in [0, 0.05) is 28.4 Å². The van der Waals surface area contributed by atoms with E-state index in [1.54, 1.807) is 10.9 Å². The van der Waals surface area contributed by atoms with Gasteiger partial charge in [0.1, 0.15) is 17.4 Å². The summed E-state index contributed by atoms with van der Waals surface area (Å²) in [6, 6.07) is 16.3. The van der Waals surface area contributed by atoms with Crippen molar-refractivity contribution in [1.29, 1.82) is 0 Å². The van der Waals surface area contributed by atoms with Crippen LogP contribution in [0.3, 0.4) is 0 Å². The Morgan fingerprint density at radius 1 is 1.12 bits per heavy atom. The van der Waals surface area contributed by atoms with Crippen LogP contribution in [0.2, 0.25) is 5.02 Å². The number of allylic oxidation sites excluding steroid dienone is 2. The molecule has 1 amide bonds. The fraction of sp³-hybridized carbons (Fsp3) is 0.240. The number of carbonyl (C=O) groups excluding carboxylic acids is 2. The van der Waals surface area contributed by atoms with Crippen molar-refractivity contribution >= 4 is 34.8 Å². The van der Waals surface area contributed by atoms with Gasteiger partial charge in [0.2, 0.25) is 0 Å². The van der Waals surface area contributed by atoms with Crippen molar-refractivity contribution in [3.05, 3.63) is 88.2 Å². The number of anilines is 2. The van der Waals surface area contributed by atoms with Gasteiger partial charge < -0.3 is 10.6 Å². The molecule has 0 spiro atoms. The molecule has 1 aromatic heterocycles. The van der Waals surface area contributed by atoms with E-state index in [0.29, 0.717) is 40.5 Å². The second-order valence-corrected chi connectivity index (χ2v) is 9.52. The van der Waals surface area contributed by atoms with E-state index in [1.165, 1.54) is 0 Å². The quantitative estimate of drug-likeness (QED) is 0.561. The molecule has 5 rings (SSSR count). The second kappa shape index (κ2) is 7.64. The van der Waals surface area contributed by atoms with Gasteiger partial charge in [-0.3, -0.25) is 9.59 Å². The first-order valence-electron chi connectivity index (χ1n) is 10.5. The van der Waals surface area contributed by atoms with Crippen LogP contribution in [0.5, 0.6) is 0 Å². The number of hydrogen-bond donors (Lipinski definition) is 2. The van der Waals surface area contributed by atoms with Crippen molar-refractivity contribution in [1.82, 2.24) is 9.78 Å². The number of aromatic nitrogens is 2. The maximum absolute atomic E-state index is 13.2. The van der Waals surface area contributed by atoms with Gasteiger partial charge in [0.25, 0.3) is 5.91 Å². The number of amides is 1. The molecule has 1 aliphatic carbocycles. The van der Waals surface area contributed by atoms with E-state index in [0.717, 1.165) is 11.3 Å². The predicted molar refractivity (Wildman–Crippen MR) is 125 cm³/mol. The van der Waals surface area contributed by atoms with E-state index >= 15 is 0 Å². The lowest BCUT2D eigenvalue weighted by molar-refractivity contribution is -0.118. The zero-order valence-electron chi connectivity index (χ0n) is 17.9. The third-order valence-corrected chi connectivity index (χ3v) is 6.22. The van der Waals surface area contributed by atoms with Crippen molar-refractivity contribution in [2.75, 3.05) is 10.6 Å². The summed E-state index contributed by atoms with van der Waals surface area (Å²) in [6.07, 6.45) is 2.73. The Hall–Kier alpha value is -3.38. The maximum Gasteiger partial charge on any atom is 0.261 e. The van der Waals surface area contributed by atoms with Crippen LogP contribution in [0, 0.1) is 5.41 Å². The molecular weight excluding hydrogens is 424 g/mol. The Balaban J connectivity index is 1.60. The van der Waals surface area contributed by atoms with Gasteiger partial charge in [-0.05, 0) is 41.7 Å². The molecule has 2 N–H and O–H groups in total. The molecule has 3 aromatic rings. The van der Waals surface area contributed by atoms with Crippen LogP contribution in [0.15, 0.2) is 72.1 Å². The summed E-state index contributed by atoms with van der Waals surface area (Å²) in [4.78, 5) is 26.3. The summed E-state index contributed by atoms with van der Waals surface area (Å²) in [5.41, 5.74) is 3.43. The van der Waals surface area contributed by atoms with Crippen molar-refractivity contribution in [3.8, 4) is 0 Å². The Kier molecular flexibility index (Phi) is 4.90. The molecule has 0 bridgehead atoms. The van der Waals surface area contributed by atoms with E-state index in [-0.39, 0.29) is 17.1 Å². The zero-order chi connectivity index (χ0) is 22.5. The van der Waals surface area contributed by atoms with Gasteiger partial charge in [-0.25, -0.2) is 4.68 Å². The average molecular weight is 447 g/mol. The standard InChI is InChI=1S/C25H23ClN4O2/c1-25(2)12-19-21(20(31)13-25)22(15-8-10-16(26)11-9-15)30-23(29-19)18(14-27-30)24(32)28-17-6-4-3-5-7-17/h3-11,14,22,29H,12-13H2,1-2H3,(H,28,32). The Morgan fingerprint density at radius 2 is 1.84 bits per heavy atom. The van der Waals surface area contributed by atoms with Crippen LogP contribution in [-0.2, 0) is 4.79 Å². The lowest BCUT2D eigenvalue weighted by Crippen LogP contribution is -2.36. The minimum absolute atomic E-state index is 0.0973. The number of ketones is 1. The molecule has 32 heavy (non-hydrogen) atoms. The average Bonchev–Trinajstić information content (AvgIpc) is 3.16. The van der Waals surface area contributed by atoms with Gasteiger partial charge in [0.05, 0.1) is 6.20 Å². The highest BCUT2D eigenvalue weighted by Gasteiger charge is 2.42. The normalized spacial score (nSPS) is 19.1. The topological polar surface area (TPSA) is 76.0 Å². The van der Waals surface area contributed by atoms with E-state index in [2.05, 4.69) is 29.6 Å². The number of nitrogens with zero attached hydrogens (tertiary/aromatic N) is 2. The fourth-order valence-corrected chi connectivity index (χ4v) is 4.68. The monoisotopic (exact) mass is 446 g/mol. The van der Waals surface area contributed by atoms with Gasteiger partial charge in [-0.2, -0.15) is 5.10 Å². The van der Waals surface area contributed by atoms with Crippen molar-refractivity contribution in [2.45, 2.75) is 32.7 Å². The van der Waals surface area contributed by atoms with Gasteiger partial charge >= 0.3 is 0 Å². The van der Waals surface area contributed by atoms with E-state index in [4.69, 9.17) is 11.6 Å². The maximum atomic E-state index is 13.2. The van der Waals surface area contributed by atoms with E-state index in [1.807, 2.05) is 54.6 Å². The van der Waals surface area contributed by atoms with Crippen molar-refractivity contribution < 1.29 is 9.59 Å². The van der Waals surface area contributed by atoms with Crippen LogP contribution in [0.4, 0.5) is 11.5 Å². The fourth-order valence-electron chi connectivity index (χ4n) is 4.55. The number of carbonyl (C=O) groups is 2. The van der Waals surface area contributed by atoms with Crippen molar-refractivity contribution in [3.63, 3.8) is 0 Å². The lowest BCUT2D eigenvalue weighted by atomic mass is 9.73. The number of Topliss-reactive ketones (excluding diaryl/α,β-unsaturated/α-hetero) is 1. The molecule has 1 aliphatic heterocycles. The molecule has 2 aliphatic rings. The number of nitrogens with one attached hydrogen (secondary N) is 2. The van der Waals surface area contributed by atoms with Crippen LogP contribution in [-0.4, -0.2) is 21.5 Å². The number of halogens is 1. The SMILES string of the molecule is CC1(C)CC(=O)C2=C(C1)Nc1c(C(=O)Nc3ccccc3)cnn1C2c1ccc(Cl)cc1. The van der Waals surface area contributed by atoms with Crippen molar-refractivity contribution in [2.24, 2.45) is 5.41 Å².